The highest BCUT2D eigenvalue weighted by molar-refractivity contribution is 6.10. The lowest BCUT2D eigenvalue weighted by atomic mass is 10.1. The molecule has 0 N–H and O–H groups in total. The molecule has 0 bridgehead atoms. The molecule has 1 aromatic rings. The van der Waals surface area contributed by atoms with Gasteiger partial charge in [-0.1, -0.05) is 0 Å². The maximum absolute atomic E-state index is 12.1. The zero-order chi connectivity index (χ0) is 11.8. The first-order valence-electron chi connectivity index (χ1n) is 5.54. The third-order valence-corrected chi connectivity index (χ3v) is 2.80. The van der Waals surface area contributed by atoms with E-state index in [-0.39, 0.29) is 17.1 Å². The van der Waals surface area contributed by atoms with Crippen molar-refractivity contribution in [2.75, 3.05) is 26.2 Å². The van der Waals surface area contributed by atoms with Crippen LogP contribution in [0.1, 0.15) is 10.6 Å². The first-order chi connectivity index (χ1) is 8.31. The predicted octanol–water partition coefficient (Wildman–Crippen LogP) is 0.829. The second-order valence-electron chi connectivity index (χ2n) is 4.09. The van der Waals surface area contributed by atoms with Gasteiger partial charge in [-0.15, -0.1) is 0 Å². The van der Waals surface area contributed by atoms with Crippen molar-refractivity contribution in [2.45, 2.75) is 0 Å². The molecule has 5 heteroatoms. The number of hydrogen-bond donors (Lipinski definition) is 0. The fourth-order valence-electron chi connectivity index (χ4n) is 1.77. The van der Waals surface area contributed by atoms with E-state index >= 15 is 0 Å². The normalized spacial score (nSPS) is 16.4. The summed E-state index contributed by atoms with van der Waals surface area (Å²) in [7, 11) is 0. The van der Waals surface area contributed by atoms with Gasteiger partial charge in [0.05, 0.1) is 6.26 Å². The topological polar surface area (TPSA) is 60.0 Å². The molecule has 86 valence electrons. The van der Waals surface area contributed by atoms with Crippen molar-refractivity contribution in [3.8, 4) is 6.07 Å². The van der Waals surface area contributed by atoms with Crippen LogP contribution in [0.2, 0.25) is 0 Å². The lowest BCUT2D eigenvalue weighted by molar-refractivity contribution is 0.100. The molecule has 3 heterocycles. The molecular weight excluding hydrogens is 218 g/mol. The third-order valence-electron chi connectivity index (χ3n) is 2.80. The van der Waals surface area contributed by atoms with Crippen LogP contribution in [0, 0.1) is 11.3 Å². The molecular formula is C12H11N3O2. The van der Waals surface area contributed by atoms with Crippen LogP contribution in [-0.2, 0) is 0 Å². The Morgan fingerprint density at radius 1 is 1.29 bits per heavy atom. The summed E-state index contributed by atoms with van der Waals surface area (Å²) in [6.45, 7) is 3.68. The van der Waals surface area contributed by atoms with Crippen LogP contribution in [0.3, 0.4) is 0 Å². The van der Waals surface area contributed by atoms with E-state index in [2.05, 4.69) is 0 Å². The van der Waals surface area contributed by atoms with E-state index in [4.69, 9.17) is 4.42 Å². The maximum atomic E-state index is 12.1. The summed E-state index contributed by atoms with van der Waals surface area (Å²) in [6, 6.07) is 5.25. The number of nitrogens with zero attached hydrogens (tertiary/aromatic N) is 3. The van der Waals surface area contributed by atoms with E-state index < -0.39 is 0 Å². The molecule has 0 saturated carbocycles. The second-order valence-corrected chi connectivity index (χ2v) is 4.09. The Bertz CT molecular complexity index is 502. The number of allylic oxidation sites excluding steroid dienone is 1. The first kappa shape index (κ1) is 9.97. The molecule has 2 saturated heterocycles. The SMILES string of the molecule is N#CC(C(=O)c1ccco1)=C(N1CC1)N1CC1. The summed E-state index contributed by atoms with van der Waals surface area (Å²) in [4.78, 5) is 16.2. The molecule has 0 amide bonds. The van der Waals surface area contributed by atoms with E-state index in [9.17, 15) is 10.1 Å². The van der Waals surface area contributed by atoms with Gasteiger partial charge in [0.25, 0.3) is 0 Å². The molecule has 0 unspecified atom stereocenters. The largest absolute Gasteiger partial charge is 0.461 e. The van der Waals surface area contributed by atoms with Gasteiger partial charge in [0.1, 0.15) is 17.5 Å². The average molecular weight is 229 g/mol. The van der Waals surface area contributed by atoms with Crippen molar-refractivity contribution < 1.29 is 9.21 Å². The van der Waals surface area contributed by atoms with Gasteiger partial charge in [-0.25, -0.2) is 0 Å². The predicted molar refractivity (Wildman–Crippen MR) is 58.8 cm³/mol. The number of rotatable bonds is 4. The number of carbonyl (C=O) groups excluding carboxylic acids is 1. The molecule has 0 spiro atoms. The van der Waals surface area contributed by atoms with E-state index in [1.807, 2.05) is 15.9 Å². The van der Waals surface area contributed by atoms with Crippen LogP contribution in [-0.4, -0.2) is 41.8 Å². The molecule has 5 nitrogen and oxygen atoms in total. The van der Waals surface area contributed by atoms with Gasteiger partial charge >= 0.3 is 0 Å². The fraction of sp³-hybridized carbons (Fsp3) is 0.333. The highest BCUT2D eigenvalue weighted by Gasteiger charge is 2.36. The summed E-state index contributed by atoms with van der Waals surface area (Å²) >= 11 is 0. The van der Waals surface area contributed by atoms with E-state index in [0.29, 0.717) is 0 Å². The fourth-order valence-corrected chi connectivity index (χ4v) is 1.77. The van der Waals surface area contributed by atoms with Gasteiger partial charge in [0.15, 0.2) is 5.76 Å². The second kappa shape index (κ2) is 3.67. The van der Waals surface area contributed by atoms with Crippen LogP contribution in [0.4, 0.5) is 0 Å². The molecule has 3 rings (SSSR count). The standard InChI is InChI=1S/C12H11N3O2/c13-8-9(11(16)10-2-1-7-17-10)12(14-3-4-14)15-5-6-15/h1-2,7H,3-6H2. The van der Waals surface area contributed by atoms with Crippen molar-refractivity contribution >= 4 is 5.78 Å². The minimum Gasteiger partial charge on any atom is -0.461 e. The third kappa shape index (κ3) is 1.78. The average Bonchev–Trinajstić information content (AvgIpc) is 3.26. The molecule has 0 aliphatic carbocycles. The number of carbonyl (C=O) groups is 1. The Morgan fingerprint density at radius 2 is 1.94 bits per heavy atom. The Hall–Kier alpha value is -2.22. The van der Waals surface area contributed by atoms with Crippen LogP contribution in [0.15, 0.2) is 34.2 Å². The monoisotopic (exact) mass is 229 g/mol. The summed E-state index contributed by atoms with van der Waals surface area (Å²) < 4.78 is 5.06. The molecule has 0 atom stereocenters. The van der Waals surface area contributed by atoms with Crippen molar-refractivity contribution in [2.24, 2.45) is 0 Å². The van der Waals surface area contributed by atoms with E-state index in [1.165, 1.54) is 6.26 Å². The zero-order valence-electron chi connectivity index (χ0n) is 9.22. The molecule has 0 radical (unpaired) electrons. The molecule has 2 fully saturated rings. The number of hydrogen-bond acceptors (Lipinski definition) is 5. The highest BCUT2D eigenvalue weighted by atomic mass is 16.3. The quantitative estimate of drug-likeness (QED) is 0.331. The Labute approximate surface area is 98.5 Å². The summed E-state index contributed by atoms with van der Waals surface area (Å²) in [6.07, 6.45) is 1.44. The number of ketones is 1. The lowest BCUT2D eigenvalue weighted by Crippen LogP contribution is -2.15. The number of Topliss-reactive ketones (excluding diaryl/α,β-unsaturated/α-hetero) is 1. The molecule has 2 aliphatic rings. The van der Waals surface area contributed by atoms with Crippen molar-refractivity contribution in [3.05, 3.63) is 35.6 Å². The van der Waals surface area contributed by atoms with Crippen molar-refractivity contribution in [3.63, 3.8) is 0 Å². The first-order valence-corrected chi connectivity index (χ1v) is 5.54. The Balaban J connectivity index is 1.99. The Kier molecular flexibility index (Phi) is 2.15. The number of nitriles is 1. The van der Waals surface area contributed by atoms with Crippen molar-refractivity contribution in [1.29, 1.82) is 5.26 Å². The van der Waals surface area contributed by atoms with Crippen molar-refractivity contribution in [1.82, 2.24) is 9.80 Å². The zero-order valence-corrected chi connectivity index (χ0v) is 9.22. The Morgan fingerprint density at radius 3 is 2.35 bits per heavy atom. The van der Waals surface area contributed by atoms with Gasteiger partial charge in [0, 0.05) is 26.2 Å². The van der Waals surface area contributed by atoms with Gasteiger partial charge in [-0.2, -0.15) is 5.26 Å². The smallest absolute Gasteiger partial charge is 0.242 e. The van der Waals surface area contributed by atoms with Gasteiger partial charge in [-0.3, -0.25) is 4.79 Å². The van der Waals surface area contributed by atoms with Gasteiger partial charge < -0.3 is 14.2 Å². The van der Waals surface area contributed by atoms with Crippen LogP contribution >= 0.6 is 0 Å². The van der Waals surface area contributed by atoms with E-state index in [0.717, 1.165) is 32.0 Å². The molecule has 1 aromatic heterocycles. The summed E-state index contributed by atoms with van der Waals surface area (Å²) in [5.74, 6) is 0.669. The maximum Gasteiger partial charge on any atom is 0.242 e. The summed E-state index contributed by atoms with van der Waals surface area (Å²) in [5.41, 5.74) is 0.190. The van der Waals surface area contributed by atoms with Crippen LogP contribution < -0.4 is 0 Å². The van der Waals surface area contributed by atoms with Crippen LogP contribution in [0.5, 0.6) is 0 Å². The highest BCUT2D eigenvalue weighted by Crippen LogP contribution is 2.28. The van der Waals surface area contributed by atoms with Gasteiger partial charge in [-0.05, 0) is 12.1 Å². The molecule has 17 heavy (non-hydrogen) atoms. The minimum absolute atomic E-state index is 0.190. The molecule has 2 aliphatic heterocycles. The van der Waals surface area contributed by atoms with Gasteiger partial charge in [0.2, 0.25) is 5.78 Å². The summed E-state index contributed by atoms with van der Waals surface area (Å²) in [5, 5.41) is 9.20. The minimum atomic E-state index is -0.327. The number of furan rings is 1. The van der Waals surface area contributed by atoms with E-state index in [1.54, 1.807) is 12.1 Å². The lowest BCUT2D eigenvalue weighted by Gasteiger charge is -2.12. The van der Waals surface area contributed by atoms with Crippen LogP contribution in [0.25, 0.3) is 0 Å². The molecule has 0 aromatic carbocycles.